The zero-order valence-corrected chi connectivity index (χ0v) is 17.0. The van der Waals surface area contributed by atoms with Crippen LogP contribution in [0.5, 0.6) is 0 Å². The molecule has 1 N–H and O–H groups in total. The van der Waals surface area contributed by atoms with E-state index in [1.54, 1.807) is 42.5 Å². The number of nitrogens with one attached hydrogen (secondary N) is 1. The molecule has 0 aliphatic carbocycles. The van der Waals surface area contributed by atoms with E-state index >= 15 is 0 Å². The highest BCUT2D eigenvalue weighted by Gasteiger charge is 2.27. The molecule has 0 aliphatic rings. The summed E-state index contributed by atoms with van der Waals surface area (Å²) in [4.78, 5) is 12.6. The number of hydrogen-bond donors (Lipinski definition) is 1. The molecule has 0 radical (unpaired) electrons. The molecule has 3 aromatic carbocycles. The fourth-order valence-corrected chi connectivity index (χ4v) is 4.25. The maximum Gasteiger partial charge on any atom is 0.264 e. The summed E-state index contributed by atoms with van der Waals surface area (Å²) >= 11 is 3.31. The quantitative estimate of drug-likeness (QED) is 0.589. The summed E-state index contributed by atoms with van der Waals surface area (Å²) in [5.74, 6) is -1.09. The monoisotopic (exact) mass is 462 g/mol. The van der Waals surface area contributed by atoms with Crippen LogP contribution in [-0.4, -0.2) is 20.9 Å². The average Bonchev–Trinajstić information content (AvgIpc) is 2.67. The minimum Gasteiger partial charge on any atom is -0.324 e. The van der Waals surface area contributed by atoms with Crippen LogP contribution in [0, 0.1) is 5.82 Å². The molecular formula is C20H16BrFN2O3S. The maximum atomic E-state index is 13.3. The Morgan fingerprint density at radius 2 is 1.64 bits per heavy atom. The molecule has 0 spiro atoms. The lowest BCUT2D eigenvalue weighted by molar-refractivity contribution is -0.114. The van der Waals surface area contributed by atoms with Crippen molar-refractivity contribution in [3.8, 4) is 0 Å². The largest absolute Gasteiger partial charge is 0.324 e. The number of amides is 1. The van der Waals surface area contributed by atoms with Gasteiger partial charge < -0.3 is 5.32 Å². The van der Waals surface area contributed by atoms with Crippen LogP contribution in [0.15, 0.2) is 88.2 Å². The third-order valence-corrected chi connectivity index (χ3v) is 6.16. The van der Waals surface area contributed by atoms with Crippen LogP contribution in [0.25, 0.3) is 0 Å². The van der Waals surface area contributed by atoms with E-state index in [1.807, 2.05) is 0 Å². The first-order chi connectivity index (χ1) is 13.4. The highest BCUT2D eigenvalue weighted by Crippen LogP contribution is 2.25. The Morgan fingerprint density at radius 3 is 2.29 bits per heavy atom. The second kappa shape index (κ2) is 8.53. The van der Waals surface area contributed by atoms with Crippen molar-refractivity contribution in [2.45, 2.75) is 4.90 Å². The standard InChI is InChI=1S/C20H16BrFN2O3S/c21-15-9-11-18(12-10-15)24(28(26,27)19-7-2-1-3-8-19)14-20(25)23-17-6-4-5-16(22)13-17/h1-13H,14H2,(H,23,25). The highest BCUT2D eigenvalue weighted by molar-refractivity contribution is 9.10. The molecule has 0 atom stereocenters. The number of hydrogen-bond acceptors (Lipinski definition) is 3. The molecule has 5 nitrogen and oxygen atoms in total. The van der Waals surface area contributed by atoms with Gasteiger partial charge in [-0.2, -0.15) is 0 Å². The lowest BCUT2D eigenvalue weighted by Gasteiger charge is -2.24. The van der Waals surface area contributed by atoms with Gasteiger partial charge in [0.25, 0.3) is 10.0 Å². The molecule has 0 unspecified atom stereocenters. The zero-order chi connectivity index (χ0) is 20.1. The lowest BCUT2D eigenvalue weighted by Crippen LogP contribution is -2.38. The lowest BCUT2D eigenvalue weighted by atomic mass is 10.3. The Labute approximate surface area is 171 Å². The molecule has 3 aromatic rings. The average molecular weight is 463 g/mol. The Hall–Kier alpha value is -2.71. The van der Waals surface area contributed by atoms with Crippen LogP contribution >= 0.6 is 15.9 Å². The molecule has 0 fully saturated rings. The minimum absolute atomic E-state index is 0.0662. The fourth-order valence-electron chi connectivity index (χ4n) is 2.54. The van der Waals surface area contributed by atoms with Crippen molar-refractivity contribution >= 4 is 43.2 Å². The number of carbonyl (C=O) groups is 1. The molecular weight excluding hydrogens is 447 g/mol. The second-order valence-corrected chi connectivity index (χ2v) is 8.64. The van der Waals surface area contributed by atoms with E-state index in [2.05, 4.69) is 21.2 Å². The Kier molecular flexibility index (Phi) is 6.11. The van der Waals surface area contributed by atoms with Gasteiger partial charge in [-0.3, -0.25) is 9.10 Å². The van der Waals surface area contributed by atoms with Gasteiger partial charge in [0.2, 0.25) is 5.91 Å². The maximum absolute atomic E-state index is 13.3. The van der Waals surface area contributed by atoms with E-state index in [0.717, 1.165) is 14.8 Å². The molecule has 28 heavy (non-hydrogen) atoms. The SMILES string of the molecule is O=C(CN(c1ccc(Br)cc1)S(=O)(=O)c1ccccc1)Nc1cccc(F)c1. The van der Waals surface area contributed by atoms with Crippen LogP contribution in [-0.2, 0) is 14.8 Å². The summed E-state index contributed by atoms with van der Waals surface area (Å²) in [5.41, 5.74) is 0.583. The molecule has 0 bridgehead atoms. The first-order valence-electron chi connectivity index (χ1n) is 8.25. The van der Waals surface area contributed by atoms with Crippen molar-refractivity contribution in [3.63, 3.8) is 0 Å². The van der Waals surface area contributed by atoms with Gasteiger partial charge in [0.15, 0.2) is 0 Å². The molecule has 144 valence electrons. The number of halogens is 2. The summed E-state index contributed by atoms with van der Waals surface area (Å²) in [5, 5.41) is 2.52. The first-order valence-corrected chi connectivity index (χ1v) is 10.5. The van der Waals surface area contributed by atoms with Crippen molar-refractivity contribution in [1.29, 1.82) is 0 Å². The summed E-state index contributed by atoms with van der Waals surface area (Å²) < 4.78 is 41.4. The number of anilines is 2. The van der Waals surface area contributed by atoms with E-state index in [4.69, 9.17) is 0 Å². The first kappa shape index (κ1) is 20.0. The second-order valence-electron chi connectivity index (χ2n) is 5.86. The van der Waals surface area contributed by atoms with Crippen molar-refractivity contribution in [3.05, 3.63) is 89.2 Å². The topological polar surface area (TPSA) is 66.5 Å². The molecule has 0 aliphatic heterocycles. The van der Waals surface area contributed by atoms with Gasteiger partial charge >= 0.3 is 0 Å². The molecule has 8 heteroatoms. The van der Waals surface area contributed by atoms with E-state index in [9.17, 15) is 17.6 Å². The molecule has 0 aromatic heterocycles. The van der Waals surface area contributed by atoms with E-state index in [0.29, 0.717) is 5.69 Å². The molecule has 3 rings (SSSR count). The van der Waals surface area contributed by atoms with Gasteiger partial charge in [0.05, 0.1) is 10.6 Å². The highest BCUT2D eigenvalue weighted by atomic mass is 79.9. The molecule has 0 saturated carbocycles. The van der Waals surface area contributed by atoms with Crippen LogP contribution in [0.2, 0.25) is 0 Å². The number of rotatable bonds is 6. The summed E-state index contributed by atoms with van der Waals surface area (Å²) in [6, 6.07) is 19.8. The summed E-state index contributed by atoms with van der Waals surface area (Å²) in [6.45, 7) is -0.463. The van der Waals surface area contributed by atoms with Gasteiger partial charge in [0.1, 0.15) is 12.4 Å². The molecule has 0 heterocycles. The van der Waals surface area contributed by atoms with Crippen LogP contribution in [0.4, 0.5) is 15.8 Å². The third-order valence-electron chi connectivity index (χ3n) is 3.84. The van der Waals surface area contributed by atoms with Crippen molar-refractivity contribution in [2.24, 2.45) is 0 Å². The summed E-state index contributed by atoms with van der Waals surface area (Å²) in [6.07, 6.45) is 0. The third kappa shape index (κ3) is 4.76. The van der Waals surface area contributed by atoms with Gasteiger partial charge in [-0.25, -0.2) is 12.8 Å². The van der Waals surface area contributed by atoms with E-state index in [1.165, 1.54) is 30.3 Å². The summed E-state index contributed by atoms with van der Waals surface area (Å²) in [7, 11) is -3.98. The van der Waals surface area contributed by atoms with E-state index < -0.39 is 28.3 Å². The Bertz CT molecular complexity index is 1070. The van der Waals surface area contributed by atoms with Crippen molar-refractivity contribution in [1.82, 2.24) is 0 Å². The van der Waals surface area contributed by atoms with Crippen LogP contribution in [0.3, 0.4) is 0 Å². The minimum atomic E-state index is -3.98. The Balaban J connectivity index is 1.92. The number of carbonyl (C=O) groups excluding carboxylic acids is 1. The predicted molar refractivity (Wildman–Crippen MR) is 110 cm³/mol. The van der Waals surface area contributed by atoms with Crippen molar-refractivity contribution < 1.29 is 17.6 Å². The van der Waals surface area contributed by atoms with Crippen LogP contribution < -0.4 is 9.62 Å². The van der Waals surface area contributed by atoms with Crippen LogP contribution in [0.1, 0.15) is 0 Å². The van der Waals surface area contributed by atoms with Crippen molar-refractivity contribution in [2.75, 3.05) is 16.2 Å². The fraction of sp³-hybridized carbons (Fsp3) is 0.0500. The number of sulfonamides is 1. The molecule has 0 saturated heterocycles. The van der Waals surface area contributed by atoms with Gasteiger partial charge in [-0.15, -0.1) is 0 Å². The Morgan fingerprint density at radius 1 is 0.964 bits per heavy atom. The number of benzene rings is 3. The normalized spacial score (nSPS) is 11.1. The van der Waals surface area contributed by atoms with Gasteiger partial charge in [0, 0.05) is 10.2 Å². The predicted octanol–water partition coefficient (Wildman–Crippen LogP) is 4.42. The number of nitrogens with zero attached hydrogens (tertiary/aromatic N) is 1. The van der Waals surface area contributed by atoms with E-state index in [-0.39, 0.29) is 10.6 Å². The zero-order valence-electron chi connectivity index (χ0n) is 14.5. The smallest absolute Gasteiger partial charge is 0.264 e. The van der Waals surface area contributed by atoms with Gasteiger partial charge in [-0.1, -0.05) is 40.2 Å². The van der Waals surface area contributed by atoms with Gasteiger partial charge in [-0.05, 0) is 54.6 Å². The molecule has 1 amide bonds.